The van der Waals surface area contributed by atoms with Gasteiger partial charge in [0.05, 0.1) is 6.04 Å². The maximum atomic E-state index is 13.6. The van der Waals surface area contributed by atoms with Gasteiger partial charge in [0.15, 0.2) is 0 Å². The zero-order chi connectivity index (χ0) is 24.7. The van der Waals surface area contributed by atoms with Gasteiger partial charge in [0.1, 0.15) is 11.6 Å². The van der Waals surface area contributed by atoms with Crippen LogP contribution in [0.3, 0.4) is 0 Å². The van der Waals surface area contributed by atoms with E-state index >= 15 is 0 Å². The molecule has 1 unspecified atom stereocenters. The highest BCUT2D eigenvalue weighted by molar-refractivity contribution is 6.30. The fraction of sp³-hybridized carbons (Fsp3) is 0.400. The molecule has 3 aliphatic heterocycles. The van der Waals surface area contributed by atoms with Gasteiger partial charge in [0, 0.05) is 41.2 Å². The Hall–Kier alpha value is -3.26. The van der Waals surface area contributed by atoms with E-state index in [2.05, 4.69) is 10.6 Å². The fourth-order valence-electron chi connectivity index (χ4n) is 4.96. The number of nitrogens with two attached hydrogens (primary N) is 1. The summed E-state index contributed by atoms with van der Waals surface area (Å²) in [6, 6.07) is 12.1. The Morgan fingerprint density at radius 1 is 1.21 bits per heavy atom. The summed E-state index contributed by atoms with van der Waals surface area (Å²) in [4.78, 5) is 41.3. The van der Waals surface area contributed by atoms with E-state index in [9.17, 15) is 14.4 Å². The Bertz CT molecular complexity index is 1120. The third-order valence-corrected chi connectivity index (χ3v) is 7.10. The zero-order valence-corrected chi connectivity index (χ0v) is 20.2. The molecule has 3 heterocycles. The highest BCUT2D eigenvalue weighted by atomic mass is 35.5. The smallest absolute Gasteiger partial charge is 0.408 e. The molecular weight excluding hydrogens is 456 g/mol. The van der Waals surface area contributed by atoms with E-state index in [0.29, 0.717) is 35.8 Å². The molecule has 2 bridgehead atoms. The van der Waals surface area contributed by atoms with Gasteiger partial charge in [-0.1, -0.05) is 43.6 Å². The number of amides is 3. The van der Waals surface area contributed by atoms with Crippen molar-refractivity contribution in [1.82, 2.24) is 15.5 Å². The summed E-state index contributed by atoms with van der Waals surface area (Å²) in [6.45, 7) is 6.33. The number of carbonyl (C=O) groups excluding carboxylic acids is 3. The van der Waals surface area contributed by atoms with Gasteiger partial charge < -0.3 is 26.0 Å². The van der Waals surface area contributed by atoms with Crippen molar-refractivity contribution in [3.63, 3.8) is 0 Å². The molecule has 0 radical (unpaired) electrons. The Balaban J connectivity index is 1.66. The number of rotatable bonds is 3. The molecule has 3 atom stereocenters. The summed E-state index contributed by atoms with van der Waals surface area (Å²) in [5.74, 6) is -0.707. The minimum atomic E-state index is -0.974. The first-order chi connectivity index (χ1) is 16.0. The Morgan fingerprint density at radius 2 is 1.91 bits per heavy atom. The number of alkyl carbamates (subject to hydrolysis) is 1. The summed E-state index contributed by atoms with van der Waals surface area (Å²) >= 11 is 6.09. The first-order valence-electron chi connectivity index (χ1n) is 11.2. The molecular formula is C25H29ClN4O4. The van der Waals surface area contributed by atoms with Crippen LogP contribution in [0.1, 0.15) is 43.1 Å². The van der Waals surface area contributed by atoms with Gasteiger partial charge >= 0.3 is 6.09 Å². The molecule has 8 nitrogen and oxygen atoms in total. The van der Waals surface area contributed by atoms with Gasteiger partial charge in [-0.25, -0.2) is 4.79 Å². The van der Waals surface area contributed by atoms with E-state index in [4.69, 9.17) is 22.1 Å². The topological polar surface area (TPSA) is 114 Å². The molecule has 3 saturated heterocycles. The zero-order valence-electron chi connectivity index (χ0n) is 19.4. The number of ether oxygens (including phenoxy) is 1. The summed E-state index contributed by atoms with van der Waals surface area (Å²) in [5, 5.41) is 6.12. The van der Waals surface area contributed by atoms with E-state index in [1.807, 2.05) is 26.0 Å². The summed E-state index contributed by atoms with van der Waals surface area (Å²) in [5.41, 5.74) is 5.83. The minimum Gasteiger partial charge on any atom is -0.437 e. The van der Waals surface area contributed by atoms with Crippen molar-refractivity contribution in [2.45, 2.75) is 44.9 Å². The first-order valence-corrected chi connectivity index (χ1v) is 11.6. The van der Waals surface area contributed by atoms with Crippen LogP contribution < -0.4 is 16.4 Å². The molecule has 2 aromatic carbocycles. The molecule has 180 valence electrons. The average Bonchev–Trinajstić information content (AvgIpc) is 2.77. The van der Waals surface area contributed by atoms with Crippen LogP contribution in [0.15, 0.2) is 48.5 Å². The van der Waals surface area contributed by atoms with Crippen molar-refractivity contribution in [2.75, 3.05) is 18.8 Å². The number of nitrogens with one attached hydrogen (secondary N) is 2. The molecule has 5 rings (SSSR count). The third kappa shape index (κ3) is 4.30. The van der Waals surface area contributed by atoms with E-state index in [1.54, 1.807) is 42.2 Å². The van der Waals surface area contributed by atoms with Gasteiger partial charge in [-0.05, 0) is 42.8 Å². The van der Waals surface area contributed by atoms with Crippen LogP contribution in [-0.4, -0.2) is 48.0 Å². The predicted molar refractivity (Wildman–Crippen MR) is 129 cm³/mol. The molecule has 9 heteroatoms. The van der Waals surface area contributed by atoms with Crippen molar-refractivity contribution < 1.29 is 19.1 Å². The summed E-state index contributed by atoms with van der Waals surface area (Å²) in [7, 11) is 0. The van der Waals surface area contributed by atoms with Crippen molar-refractivity contribution >= 4 is 35.2 Å². The van der Waals surface area contributed by atoms with E-state index in [0.717, 1.165) is 5.56 Å². The molecule has 0 saturated carbocycles. The SMILES string of the molecule is CC1NC(=O)O[C@]2(c3ccc(Cl)cc3)CCN(CC2(C)C)C(=O)[C@@H]1NC(=O)c1cccc(N)c1. The number of fused-ring (bicyclic) bond motifs is 7. The summed E-state index contributed by atoms with van der Waals surface area (Å²) < 4.78 is 6.14. The van der Waals surface area contributed by atoms with Crippen molar-refractivity contribution in [2.24, 2.45) is 5.41 Å². The Kier molecular flexibility index (Phi) is 6.20. The molecule has 0 aromatic heterocycles. The largest absolute Gasteiger partial charge is 0.437 e. The number of nitrogens with zero attached hydrogens (tertiary/aromatic N) is 1. The Morgan fingerprint density at radius 3 is 2.56 bits per heavy atom. The molecule has 3 amide bonds. The lowest BCUT2D eigenvalue weighted by molar-refractivity contribution is -0.158. The van der Waals surface area contributed by atoms with Crippen molar-refractivity contribution in [3.05, 3.63) is 64.7 Å². The van der Waals surface area contributed by atoms with Gasteiger partial charge in [-0.2, -0.15) is 0 Å². The minimum absolute atomic E-state index is 0.260. The maximum Gasteiger partial charge on any atom is 0.408 e. The lowest BCUT2D eigenvalue weighted by Crippen LogP contribution is -2.66. The number of halogens is 1. The van der Waals surface area contributed by atoms with E-state index in [1.165, 1.54) is 6.07 Å². The number of hydrogen-bond donors (Lipinski definition) is 3. The van der Waals surface area contributed by atoms with Gasteiger partial charge in [-0.3, -0.25) is 9.59 Å². The second-order valence-corrected chi connectivity index (χ2v) is 10.1. The number of carbonyl (C=O) groups is 3. The number of benzene rings is 2. The molecule has 3 aliphatic rings. The normalized spacial score (nSPS) is 26.4. The number of hydrogen-bond acceptors (Lipinski definition) is 5. The quantitative estimate of drug-likeness (QED) is 0.578. The number of piperidine rings is 1. The van der Waals surface area contributed by atoms with Crippen LogP contribution in [0, 0.1) is 5.41 Å². The lowest BCUT2D eigenvalue weighted by Gasteiger charge is -2.53. The first kappa shape index (κ1) is 23.9. The van der Waals surface area contributed by atoms with Gasteiger partial charge in [-0.15, -0.1) is 0 Å². The van der Waals surface area contributed by atoms with Crippen LogP contribution >= 0.6 is 11.6 Å². The molecule has 3 fully saturated rings. The second kappa shape index (κ2) is 8.83. The van der Waals surface area contributed by atoms with Gasteiger partial charge in [0.2, 0.25) is 5.91 Å². The van der Waals surface area contributed by atoms with Crippen LogP contribution in [0.5, 0.6) is 0 Å². The molecule has 2 aromatic rings. The van der Waals surface area contributed by atoms with E-state index in [-0.39, 0.29) is 5.91 Å². The van der Waals surface area contributed by atoms with Crippen LogP contribution in [0.4, 0.5) is 10.5 Å². The highest BCUT2D eigenvalue weighted by Gasteiger charge is 2.55. The number of anilines is 1. The monoisotopic (exact) mass is 484 g/mol. The third-order valence-electron chi connectivity index (χ3n) is 6.85. The second-order valence-electron chi connectivity index (χ2n) is 9.63. The Labute approximate surface area is 203 Å². The van der Waals surface area contributed by atoms with Crippen molar-refractivity contribution in [1.29, 1.82) is 0 Å². The number of nitrogen functional groups attached to an aromatic ring is 1. The maximum absolute atomic E-state index is 13.6. The standard InChI is InChI=1S/C25H29ClN4O4/c1-15-20(29-21(31)16-5-4-6-19(27)13-16)22(32)30-12-11-25(24(2,3)14-30,34-23(33)28-15)17-7-9-18(26)10-8-17/h4-10,13,15,20H,11-12,14,27H2,1-3H3,(H,28,33)(H,29,31)/t15?,20-,25+/m1/s1. The lowest BCUT2D eigenvalue weighted by atomic mass is 9.66. The fourth-order valence-corrected chi connectivity index (χ4v) is 5.09. The van der Waals surface area contributed by atoms with E-state index < -0.39 is 35.1 Å². The summed E-state index contributed by atoms with van der Waals surface area (Å²) in [6.07, 6.45) is -0.243. The molecule has 4 N–H and O–H groups in total. The van der Waals surface area contributed by atoms with Crippen LogP contribution in [0.25, 0.3) is 0 Å². The average molecular weight is 485 g/mol. The highest BCUT2D eigenvalue weighted by Crippen LogP contribution is 2.49. The molecule has 0 spiro atoms. The van der Waals surface area contributed by atoms with Crippen molar-refractivity contribution in [3.8, 4) is 0 Å². The predicted octanol–water partition coefficient (Wildman–Crippen LogP) is 3.30. The molecule has 0 aliphatic carbocycles. The van der Waals surface area contributed by atoms with Gasteiger partial charge in [0.25, 0.3) is 5.91 Å². The molecule has 34 heavy (non-hydrogen) atoms. The van der Waals surface area contributed by atoms with Crippen LogP contribution in [-0.2, 0) is 15.1 Å². The van der Waals surface area contributed by atoms with Crippen LogP contribution in [0.2, 0.25) is 5.02 Å².